The molecule has 3 rings (SSSR count). The fraction of sp³-hybridized carbons (Fsp3) is 0.176. The molecule has 1 amide bonds. The Labute approximate surface area is 133 Å². The van der Waals surface area contributed by atoms with Crippen molar-refractivity contribution in [1.82, 2.24) is 9.88 Å². The molecule has 1 fully saturated rings. The van der Waals surface area contributed by atoms with Crippen molar-refractivity contribution in [2.45, 2.75) is 13.3 Å². The summed E-state index contributed by atoms with van der Waals surface area (Å²) >= 11 is 1.38. The number of hydrogen-bond acceptors (Lipinski definition) is 3. The fourth-order valence-corrected chi connectivity index (χ4v) is 3.09. The molecule has 2 aromatic rings. The van der Waals surface area contributed by atoms with Crippen LogP contribution in [0.2, 0.25) is 0 Å². The van der Waals surface area contributed by atoms with Gasteiger partial charge < -0.3 is 9.88 Å². The molecule has 1 aromatic heterocycles. The highest BCUT2D eigenvalue weighted by atomic mass is 32.2. The third-order valence-corrected chi connectivity index (χ3v) is 4.42. The summed E-state index contributed by atoms with van der Waals surface area (Å²) in [4.78, 5) is 17.3. The first-order chi connectivity index (χ1) is 10.7. The Bertz CT molecular complexity index is 774. The van der Waals surface area contributed by atoms with Crippen molar-refractivity contribution >= 4 is 34.6 Å². The molecular formula is C17H17N3OS. The summed E-state index contributed by atoms with van der Waals surface area (Å²) in [6, 6.07) is 11.9. The molecule has 4 nitrogen and oxygen atoms in total. The monoisotopic (exact) mass is 311 g/mol. The van der Waals surface area contributed by atoms with Gasteiger partial charge in [-0.15, -0.1) is 0 Å². The number of nitrogens with zero attached hydrogens (tertiary/aromatic N) is 2. The number of carbonyl (C=O) groups excluding carboxylic acids is 1. The maximum atomic E-state index is 12.1. The van der Waals surface area contributed by atoms with Crippen molar-refractivity contribution in [3.63, 3.8) is 0 Å². The first-order valence-corrected chi connectivity index (χ1v) is 7.98. The van der Waals surface area contributed by atoms with E-state index in [1.807, 2.05) is 54.2 Å². The third-order valence-electron chi connectivity index (χ3n) is 3.51. The molecule has 1 saturated heterocycles. The summed E-state index contributed by atoms with van der Waals surface area (Å²) in [5.74, 6) is -0.0982. The molecule has 0 spiro atoms. The predicted octanol–water partition coefficient (Wildman–Crippen LogP) is 3.48. The summed E-state index contributed by atoms with van der Waals surface area (Å²) in [5, 5.41) is 3.46. The average Bonchev–Trinajstić information content (AvgIpc) is 3.07. The zero-order valence-corrected chi connectivity index (χ0v) is 13.4. The van der Waals surface area contributed by atoms with Gasteiger partial charge in [-0.3, -0.25) is 4.79 Å². The molecule has 1 N–H and O–H groups in total. The number of nitrogens with one attached hydrogen (secondary N) is 1. The number of para-hydroxylation sites is 1. The van der Waals surface area contributed by atoms with E-state index < -0.39 is 0 Å². The summed E-state index contributed by atoms with van der Waals surface area (Å²) < 4.78 is 1.97. The molecule has 1 aliphatic rings. The Morgan fingerprint density at radius 1 is 1.27 bits per heavy atom. The molecule has 112 valence electrons. The number of aryl methyl sites for hydroxylation is 2. The standard InChI is InChI=1S/C17H17N3OS/c1-3-12-7-4-5-9-14(12)18-17-19-16(21)15(22-17)11-13-8-6-10-20(13)2/h4-11H,3H2,1-2H3,(H,18,19,21). The van der Waals surface area contributed by atoms with Gasteiger partial charge in [0.1, 0.15) is 0 Å². The minimum absolute atomic E-state index is 0.0982. The van der Waals surface area contributed by atoms with Gasteiger partial charge in [0.2, 0.25) is 0 Å². The van der Waals surface area contributed by atoms with Crippen molar-refractivity contribution in [3.8, 4) is 0 Å². The van der Waals surface area contributed by atoms with E-state index in [4.69, 9.17) is 0 Å². The van der Waals surface area contributed by atoms with Crippen LogP contribution in [0, 0.1) is 0 Å². The van der Waals surface area contributed by atoms with E-state index in [0.29, 0.717) is 10.1 Å². The molecule has 0 atom stereocenters. The number of aromatic nitrogens is 1. The number of thioether (sulfide) groups is 1. The summed E-state index contributed by atoms with van der Waals surface area (Å²) in [7, 11) is 1.95. The zero-order chi connectivity index (χ0) is 15.5. The summed E-state index contributed by atoms with van der Waals surface area (Å²) in [6.07, 6.45) is 4.75. The Kier molecular flexibility index (Phi) is 4.15. The van der Waals surface area contributed by atoms with Crippen molar-refractivity contribution in [2.24, 2.45) is 12.0 Å². The number of hydrogen-bond donors (Lipinski definition) is 1. The molecule has 0 saturated carbocycles. The quantitative estimate of drug-likeness (QED) is 0.882. The average molecular weight is 311 g/mol. The lowest BCUT2D eigenvalue weighted by atomic mass is 10.1. The molecule has 0 unspecified atom stereocenters. The number of rotatable bonds is 3. The van der Waals surface area contributed by atoms with Crippen LogP contribution in [0.1, 0.15) is 18.2 Å². The van der Waals surface area contributed by atoms with Gasteiger partial charge in [-0.2, -0.15) is 0 Å². The molecular weight excluding hydrogens is 294 g/mol. The van der Waals surface area contributed by atoms with E-state index in [1.54, 1.807) is 0 Å². The lowest BCUT2D eigenvalue weighted by Crippen LogP contribution is -2.19. The smallest absolute Gasteiger partial charge is 0.264 e. The lowest BCUT2D eigenvalue weighted by molar-refractivity contribution is -0.115. The van der Waals surface area contributed by atoms with Gasteiger partial charge in [-0.05, 0) is 48.0 Å². The van der Waals surface area contributed by atoms with E-state index in [-0.39, 0.29) is 5.91 Å². The Balaban J connectivity index is 1.87. The van der Waals surface area contributed by atoms with Gasteiger partial charge in [-0.25, -0.2) is 4.99 Å². The van der Waals surface area contributed by atoms with Crippen LogP contribution >= 0.6 is 11.8 Å². The van der Waals surface area contributed by atoms with Crippen LogP contribution in [0.15, 0.2) is 52.5 Å². The molecule has 0 radical (unpaired) electrons. The van der Waals surface area contributed by atoms with Gasteiger partial charge in [0.25, 0.3) is 5.91 Å². The Morgan fingerprint density at radius 3 is 2.82 bits per heavy atom. The van der Waals surface area contributed by atoms with Gasteiger partial charge in [0, 0.05) is 18.9 Å². The second-order valence-electron chi connectivity index (χ2n) is 5.01. The van der Waals surface area contributed by atoms with Crippen molar-refractivity contribution in [2.75, 3.05) is 0 Å². The van der Waals surface area contributed by atoms with Gasteiger partial charge in [0.05, 0.1) is 10.6 Å². The molecule has 5 heteroatoms. The molecule has 0 aliphatic carbocycles. The Hall–Kier alpha value is -2.27. The number of benzene rings is 1. The SMILES string of the molecule is CCc1ccccc1N=C1NC(=O)C(=Cc2cccn2C)S1. The van der Waals surface area contributed by atoms with E-state index >= 15 is 0 Å². The van der Waals surface area contributed by atoms with Crippen LogP contribution in [-0.2, 0) is 18.3 Å². The van der Waals surface area contributed by atoms with E-state index in [9.17, 15) is 4.79 Å². The first kappa shape index (κ1) is 14.7. The molecule has 1 aliphatic heterocycles. The minimum atomic E-state index is -0.0982. The highest BCUT2D eigenvalue weighted by Crippen LogP contribution is 2.29. The fourth-order valence-electron chi connectivity index (χ4n) is 2.27. The summed E-state index contributed by atoms with van der Waals surface area (Å²) in [5.41, 5.74) is 3.07. The van der Waals surface area contributed by atoms with E-state index in [1.165, 1.54) is 17.3 Å². The molecule has 1 aromatic carbocycles. The van der Waals surface area contributed by atoms with Gasteiger partial charge in [0.15, 0.2) is 5.17 Å². The first-order valence-electron chi connectivity index (χ1n) is 7.16. The van der Waals surface area contributed by atoms with E-state index in [0.717, 1.165) is 17.8 Å². The number of amides is 1. The Morgan fingerprint density at radius 2 is 2.09 bits per heavy atom. The highest BCUT2D eigenvalue weighted by molar-refractivity contribution is 8.18. The predicted molar refractivity (Wildman–Crippen MR) is 92.0 cm³/mol. The third kappa shape index (κ3) is 2.99. The number of carbonyl (C=O) groups is 1. The van der Waals surface area contributed by atoms with E-state index in [2.05, 4.69) is 23.3 Å². The molecule has 22 heavy (non-hydrogen) atoms. The second-order valence-corrected chi connectivity index (χ2v) is 6.04. The van der Waals surface area contributed by atoms with Gasteiger partial charge >= 0.3 is 0 Å². The normalized spacial score (nSPS) is 18.2. The van der Waals surface area contributed by atoms with Crippen LogP contribution in [0.3, 0.4) is 0 Å². The maximum absolute atomic E-state index is 12.1. The largest absolute Gasteiger partial charge is 0.351 e. The zero-order valence-electron chi connectivity index (χ0n) is 12.5. The molecule has 2 heterocycles. The van der Waals surface area contributed by atoms with Crippen LogP contribution in [0.25, 0.3) is 6.08 Å². The van der Waals surface area contributed by atoms with Crippen LogP contribution in [-0.4, -0.2) is 15.6 Å². The van der Waals surface area contributed by atoms with Crippen molar-refractivity contribution in [3.05, 3.63) is 58.8 Å². The summed E-state index contributed by atoms with van der Waals surface area (Å²) in [6.45, 7) is 2.10. The topological polar surface area (TPSA) is 46.4 Å². The highest BCUT2D eigenvalue weighted by Gasteiger charge is 2.24. The van der Waals surface area contributed by atoms with Gasteiger partial charge in [-0.1, -0.05) is 25.1 Å². The van der Waals surface area contributed by atoms with Crippen molar-refractivity contribution in [1.29, 1.82) is 0 Å². The maximum Gasteiger partial charge on any atom is 0.264 e. The lowest BCUT2D eigenvalue weighted by Gasteiger charge is -2.02. The minimum Gasteiger partial charge on any atom is -0.351 e. The number of amidine groups is 1. The van der Waals surface area contributed by atoms with Crippen LogP contribution < -0.4 is 5.32 Å². The van der Waals surface area contributed by atoms with Crippen LogP contribution in [0.5, 0.6) is 0 Å². The second kappa shape index (κ2) is 6.23. The number of aliphatic imine (C=N–C) groups is 1. The van der Waals surface area contributed by atoms with Crippen LogP contribution in [0.4, 0.5) is 5.69 Å². The van der Waals surface area contributed by atoms with Crippen molar-refractivity contribution < 1.29 is 4.79 Å². The molecule has 0 bridgehead atoms.